The largest absolute Gasteiger partial charge is 0.481 e. The number of rotatable bonds is 9. The van der Waals surface area contributed by atoms with Crippen molar-refractivity contribution in [2.45, 2.75) is 50.4 Å². The molecule has 2 aromatic carbocycles. The van der Waals surface area contributed by atoms with E-state index >= 15 is 0 Å². The van der Waals surface area contributed by atoms with Crippen molar-refractivity contribution in [1.29, 1.82) is 0 Å². The highest BCUT2D eigenvalue weighted by Crippen LogP contribution is 2.45. The van der Waals surface area contributed by atoms with E-state index in [-0.39, 0.29) is 12.2 Å². The van der Waals surface area contributed by atoms with Gasteiger partial charge in [0.05, 0.1) is 42.4 Å². The first-order valence-corrected chi connectivity index (χ1v) is 12.5. The third kappa shape index (κ3) is 7.13. The molecule has 5 N–H and O–H groups in total. The molecule has 1 aliphatic carbocycles. The van der Waals surface area contributed by atoms with Crippen LogP contribution in [0.5, 0.6) is 0 Å². The predicted molar refractivity (Wildman–Crippen MR) is 144 cm³/mol. The highest BCUT2D eigenvalue weighted by molar-refractivity contribution is 5.99. The maximum Gasteiger partial charge on any atom is 0.305 e. The van der Waals surface area contributed by atoms with Crippen LogP contribution in [0.15, 0.2) is 77.6 Å². The van der Waals surface area contributed by atoms with Crippen LogP contribution in [0.1, 0.15) is 48.4 Å². The molecule has 2 atom stereocenters. The number of carboxylic acid groups (broad SMARTS) is 1. The molecule has 4 aromatic rings. The van der Waals surface area contributed by atoms with E-state index in [1.807, 2.05) is 30.3 Å². The molecule has 2 heterocycles. The van der Waals surface area contributed by atoms with Gasteiger partial charge in [-0.05, 0) is 42.7 Å². The molecule has 2 aromatic heterocycles. The van der Waals surface area contributed by atoms with Crippen LogP contribution in [-0.4, -0.2) is 38.5 Å². The number of hydrogen-bond donors (Lipinski definition) is 4. The fourth-order valence-corrected chi connectivity index (χ4v) is 4.27. The van der Waals surface area contributed by atoms with Gasteiger partial charge in [-0.1, -0.05) is 42.5 Å². The average Bonchev–Trinajstić information content (AvgIpc) is 3.60. The Kier molecular flexibility index (Phi) is 9.02. The lowest BCUT2D eigenvalue weighted by atomic mass is 9.92. The summed E-state index contributed by atoms with van der Waals surface area (Å²) in [5, 5.41) is 29.9. The van der Waals surface area contributed by atoms with Gasteiger partial charge in [-0.25, -0.2) is 4.39 Å². The van der Waals surface area contributed by atoms with Gasteiger partial charge in [0.15, 0.2) is 0 Å². The SMILES string of the molecule is NCc1ccoc1.O=C(O)C[C@H](O)C[C@H](O)/C=C/c1c(C2CC2)nc2ccccc2c1-c1ccc(F)cc1. The van der Waals surface area contributed by atoms with Crippen LogP contribution < -0.4 is 5.73 Å². The fraction of sp³-hybridized carbons (Fsp3) is 0.267. The number of aromatic nitrogens is 1. The lowest BCUT2D eigenvalue weighted by Gasteiger charge is -2.16. The number of aliphatic carboxylic acids is 1. The van der Waals surface area contributed by atoms with E-state index in [1.54, 1.807) is 36.8 Å². The van der Waals surface area contributed by atoms with Crippen molar-refractivity contribution in [3.8, 4) is 11.1 Å². The number of fused-ring (bicyclic) bond motifs is 1. The normalized spacial score (nSPS) is 14.7. The first kappa shape index (κ1) is 27.2. The van der Waals surface area contributed by atoms with E-state index in [0.717, 1.165) is 51.7 Å². The summed E-state index contributed by atoms with van der Waals surface area (Å²) in [6, 6.07) is 16.0. The van der Waals surface area contributed by atoms with Crippen molar-refractivity contribution in [3.05, 3.63) is 95.8 Å². The Morgan fingerprint density at radius 1 is 1.13 bits per heavy atom. The number of aliphatic hydroxyl groups is 2. The topological polar surface area (TPSA) is 130 Å². The zero-order valence-electron chi connectivity index (χ0n) is 20.8. The Hall–Kier alpha value is -3.85. The molecule has 0 aliphatic heterocycles. The summed E-state index contributed by atoms with van der Waals surface area (Å²) in [4.78, 5) is 15.6. The summed E-state index contributed by atoms with van der Waals surface area (Å²) < 4.78 is 18.3. The van der Waals surface area contributed by atoms with Crippen LogP contribution in [-0.2, 0) is 11.3 Å². The van der Waals surface area contributed by atoms with Gasteiger partial charge >= 0.3 is 5.97 Å². The van der Waals surface area contributed by atoms with Gasteiger partial charge in [0.2, 0.25) is 0 Å². The molecule has 0 amide bonds. The molecule has 0 bridgehead atoms. The Bertz CT molecular complexity index is 1380. The Morgan fingerprint density at radius 2 is 1.87 bits per heavy atom. The van der Waals surface area contributed by atoms with Crippen molar-refractivity contribution in [3.63, 3.8) is 0 Å². The number of nitrogens with two attached hydrogens (primary N) is 1. The maximum atomic E-state index is 13.6. The minimum atomic E-state index is -1.13. The minimum Gasteiger partial charge on any atom is -0.481 e. The third-order valence-electron chi connectivity index (χ3n) is 6.28. The van der Waals surface area contributed by atoms with Crippen molar-refractivity contribution in [2.24, 2.45) is 5.73 Å². The van der Waals surface area contributed by atoms with E-state index in [9.17, 15) is 19.4 Å². The first-order chi connectivity index (χ1) is 18.4. The maximum absolute atomic E-state index is 13.6. The summed E-state index contributed by atoms with van der Waals surface area (Å²) in [7, 11) is 0. The number of benzene rings is 2. The number of furan rings is 1. The van der Waals surface area contributed by atoms with Crippen molar-refractivity contribution >= 4 is 22.9 Å². The quantitative estimate of drug-likeness (QED) is 0.238. The number of para-hydroxylation sites is 1. The Labute approximate surface area is 220 Å². The first-order valence-electron chi connectivity index (χ1n) is 12.5. The van der Waals surface area contributed by atoms with Gasteiger partial charge in [0.25, 0.3) is 0 Å². The number of pyridine rings is 1. The standard InChI is InChI=1S/C25H24FNO4.C5H7NO/c26-17-9-7-15(8-10-17)24-20-3-1-2-4-22(20)27-25(16-5-6-16)21(24)12-11-18(28)13-19(29)14-23(30)31;6-3-5-1-2-7-4-5/h1-4,7-12,16,18-19,28-29H,5-6,13-14H2,(H,30,31);1-2,4H,3,6H2/b12-11+;/t18-,19-;/m1./s1. The van der Waals surface area contributed by atoms with Crippen LogP contribution >= 0.6 is 0 Å². The second-order valence-corrected chi connectivity index (χ2v) is 9.33. The van der Waals surface area contributed by atoms with E-state index in [4.69, 9.17) is 20.2 Å². The van der Waals surface area contributed by atoms with Crippen molar-refractivity contribution in [2.75, 3.05) is 0 Å². The van der Waals surface area contributed by atoms with Crippen LogP contribution in [0.2, 0.25) is 0 Å². The third-order valence-corrected chi connectivity index (χ3v) is 6.28. The molecule has 7 nitrogen and oxygen atoms in total. The van der Waals surface area contributed by atoms with Crippen LogP contribution in [0.4, 0.5) is 4.39 Å². The highest BCUT2D eigenvalue weighted by Gasteiger charge is 2.29. The van der Waals surface area contributed by atoms with Gasteiger partial charge in [-0.2, -0.15) is 0 Å². The molecular weight excluding hydrogens is 487 g/mol. The molecule has 5 rings (SSSR count). The summed E-state index contributed by atoms with van der Waals surface area (Å²) in [5.41, 5.74) is 10.7. The number of halogens is 1. The summed E-state index contributed by atoms with van der Waals surface area (Å²) in [6.07, 6.45) is 6.05. The molecule has 0 unspecified atom stereocenters. The van der Waals surface area contributed by atoms with E-state index in [0.29, 0.717) is 12.5 Å². The number of aliphatic hydroxyl groups excluding tert-OH is 2. The fourth-order valence-electron chi connectivity index (χ4n) is 4.27. The average molecular weight is 519 g/mol. The molecule has 1 aliphatic rings. The van der Waals surface area contributed by atoms with Crippen molar-refractivity contribution < 1.29 is 28.9 Å². The van der Waals surface area contributed by atoms with Crippen LogP contribution in [0.25, 0.3) is 28.1 Å². The molecule has 198 valence electrons. The molecule has 0 radical (unpaired) electrons. The lowest BCUT2D eigenvalue weighted by Crippen LogP contribution is -2.19. The molecule has 1 saturated carbocycles. The number of carbonyl (C=O) groups is 1. The van der Waals surface area contributed by atoms with Crippen LogP contribution in [0.3, 0.4) is 0 Å². The number of carboxylic acids is 1. The van der Waals surface area contributed by atoms with Crippen molar-refractivity contribution in [1.82, 2.24) is 4.98 Å². The van der Waals surface area contributed by atoms with Gasteiger partial charge in [-0.3, -0.25) is 9.78 Å². The molecule has 8 heteroatoms. The molecule has 0 spiro atoms. The van der Waals surface area contributed by atoms with E-state index in [2.05, 4.69) is 0 Å². The zero-order chi connectivity index (χ0) is 27.1. The molecule has 1 fully saturated rings. The molecule has 38 heavy (non-hydrogen) atoms. The predicted octanol–water partition coefficient (Wildman–Crippen LogP) is 5.26. The summed E-state index contributed by atoms with van der Waals surface area (Å²) in [6.45, 7) is 0.566. The Morgan fingerprint density at radius 3 is 2.47 bits per heavy atom. The monoisotopic (exact) mass is 518 g/mol. The number of nitrogens with zero attached hydrogens (tertiary/aromatic N) is 1. The zero-order valence-corrected chi connectivity index (χ0v) is 20.8. The second-order valence-electron chi connectivity index (χ2n) is 9.33. The van der Waals surface area contributed by atoms with Gasteiger partial charge in [-0.15, -0.1) is 0 Å². The molecular formula is C30H31FN2O5. The number of hydrogen-bond acceptors (Lipinski definition) is 6. The van der Waals surface area contributed by atoms with E-state index in [1.165, 1.54) is 12.1 Å². The van der Waals surface area contributed by atoms with Gasteiger partial charge in [0, 0.05) is 41.0 Å². The highest BCUT2D eigenvalue weighted by atomic mass is 19.1. The van der Waals surface area contributed by atoms with Gasteiger partial charge < -0.3 is 25.5 Å². The lowest BCUT2D eigenvalue weighted by molar-refractivity contribution is -0.139. The summed E-state index contributed by atoms with van der Waals surface area (Å²) in [5.74, 6) is -1.10. The van der Waals surface area contributed by atoms with Gasteiger partial charge in [0.1, 0.15) is 5.82 Å². The minimum absolute atomic E-state index is 0.0749. The smallest absolute Gasteiger partial charge is 0.305 e. The van der Waals surface area contributed by atoms with Crippen LogP contribution in [0, 0.1) is 5.82 Å². The summed E-state index contributed by atoms with van der Waals surface area (Å²) >= 11 is 0. The molecule has 0 saturated heterocycles. The second kappa shape index (κ2) is 12.6. The van der Waals surface area contributed by atoms with E-state index < -0.39 is 24.6 Å². The Balaban J connectivity index is 0.000000417.